The quantitative estimate of drug-likeness (QED) is 0.389. The number of likely N-dealkylation sites (tertiary alicyclic amines) is 1. The molecule has 1 rings (SSSR count). The standard InChI is InChI=1S/C17H34N4O2.HI/c1-7-13(2)20-15(18-6)19-12-14-8-10-21(11-9-14)16(22)23-17(3,4)5;/h13-14H,7-12H2,1-6H3,(H2,18,19,20);1H. The Kier molecular flexibility index (Phi) is 10.7. The average molecular weight is 454 g/mol. The van der Waals surface area contributed by atoms with Crippen LogP contribution in [0.1, 0.15) is 53.9 Å². The Balaban J connectivity index is 0.00000529. The van der Waals surface area contributed by atoms with E-state index in [0.717, 1.165) is 44.9 Å². The Bertz CT molecular complexity index is 402. The van der Waals surface area contributed by atoms with Crippen LogP contribution in [0.15, 0.2) is 4.99 Å². The van der Waals surface area contributed by atoms with E-state index in [-0.39, 0.29) is 30.1 Å². The number of ether oxygens (including phenoxy) is 1. The summed E-state index contributed by atoms with van der Waals surface area (Å²) in [5.74, 6) is 1.41. The first-order chi connectivity index (χ1) is 10.7. The second-order valence-corrected chi connectivity index (χ2v) is 7.32. The van der Waals surface area contributed by atoms with Crippen LogP contribution in [0.5, 0.6) is 0 Å². The van der Waals surface area contributed by atoms with Crippen LogP contribution in [0, 0.1) is 5.92 Å². The average Bonchev–Trinajstić information content (AvgIpc) is 2.49. The van der Waals surface area contributed by atoms with Crippen LogP contribution < -0.4 is 10.6 Å². The predicted molar refractivity (Wildman–Crippen MR) is 110 cm³/mol. The number of hydrogen-bond donors (Lipinski definition) is 2. The molecule has 1 aliphatic rings. The van der Waals surface area contributed by atoms with Crippen LogP contribution in [0.2, 0.25) is 0 Å². The largest absolute Gasteiger partial charge is 0.444 e. The lowest BCUT2D eigenvalue weighted by atomic mass is 9.97. The lowest BCUT2D eigenvalue weighted by molar-refractivity contribution is 0.0185. The van der Waals surface area contributed by atoms with Crippen LogP contribution >= 0.6 is 24.0 Å². The summed E-state index contributed by atoms with van der Waals surface area (Å²) in [6.07, 6.45) is 2.85. The van der Waals surface area contributed by atoms with Crippen molar-refractivity contribution in [2.24, 2.45) is 10.9 Å². The molecule has 0 bridgehead atoms. The number of piperidine rings is 1. The highest BCUT2D eigenvalue weighted by Crippen LogP contribution is 2.19. The highest BCUT2D eigenvalue weighted by Gasteiger charge is 2.26. The molecule has 2 N–H and O–H groups in total. The first-order valence-corrected chi connectivity index (χ1v) is 8.70. The van der Waals surface area contributed by atoms with E-state index < -0.39 is 5.60 Å². The van der Waals surface area contributed by atoms with Gasteiger partial charge in [0.2, 0.25) is 0 Å². The summed E-state index contributed by atoms with van der Waals surface area (Å²) in [5.41, 5.74) is -0.427. The number of carbonyl (C=O) groups is 1. The Morgan fingerprint density at radius 1 is 1.33 bits per heavy atom. The maximum atomic E-state index is 12.0. The number of nitrogens with zero attached hydrogens (tertiary/aromatic N) is 2. The molecule has 142 valence electrons. The van der Waals surface area contributed by atoms with Crippen LogP contribution in [0.3, 0.4) is 0 Å². The van der Waals surface area contributed by atoms with Gasteiger partial charge in [0, 0.05) is 32.7 Å². The van der Waals surface area contributed by atoms with Gasteiger partial charge in [-0.2, -0.15) is 0 Å². The van der Waals surface area contributed by atoms with Gasteiger partial charge in [0.15, 0.2) is 5.96 Å². The van der Waals surface area contributed by atoms with Gasteiger partial charge in [0.05, 0.1) is 0 Å². The minimum atomic E-state index is -0.427. The topological polar surface area (TPSA) is 66.0 Å². The summed E-state index contributed by atoms with van der Waals surface area (Å²) in [6.45, 7) is 12.4. The SMILES string of the molecule is CCC(C)NC(=NC)NCC1CCN(C(=O)OC(C)(C)C)CC1.I. The molecule has 0 radical (unpaired) electrons. The van der Waals surface area contributed by atoms with Crippen LogP contribution in [-0.2, 0) is 4.74 Å². The highest BCUT2D eigenvalue weighted by molar-refractivity contribution is 14.0. The van der Waals surface area contributed by atoms with E-state index in [4.69, 9.17) is 4.74 Å². The van der Waals surface area contributed by atoms with E-state index in [1.165, 1.54) is 0 Å². The molecule has 0 saturated carbocycles. The summed E-state index contributed by atoms with van der Waals surface area (Å²) >= 11 is 0. The Morgan fingerprint density at radius 2 is 1.92 bits per heavy atom. The number of aliphatic imine (C=N–C) groups is 1. The minimum absolute atomic E-state index is 0. The molecular formula is C17H35IN4O2. The molecule has 1 amide bonds. The van der Waals surface area contributed by atoms with Crippen LogP contribution in [0.25, 0.3) is 0 Å². The monoisotopic (exact) mass is 454 g/mol. The zero-order valence-corrected chi connectivity index (χ0v) is 18.3. The van der Waals surface area contributed by atoms with Crippen molar-refractivity contribution < 1.29 is 9.53 Å². The molecule has 1 atom stereocenters. The number of rotatable bonds is 4. The van der Waals surface area contributed by atoms with Gasteiger partial charge in [-0.1, -0.05) is 6.92 Å². The van der Waals surface area contributed by atoms with Crippen molar-refractivity contribution in [2.45, 2.75) is 65.5 Å². The highest BCUT2D eigenvalue weighted by atomic mass is 127. The normalized spacial score (nSPS) is 17.8. The van der Waals surface area contributed by atoms with Crippen LogP contribution in [0.4, 0.5) is 4.79 Å². The molecule has 1 heterocycles. The number of halogens is 1. The first-order valence-electron chi connectivity index (χ1n) is 8.70. The van der Waals surface area contributed by atoms with E-state index in [2.05, 4.69) is 29.5 Å². The molecule has 0 aromatic heterocycles. The fourth-order valence-corrected chi connectivity index (χ4v) is 2.42. The second-order valence-electron chi connectivity index (χ2n) is 7.32. The van der Waals surface area contributed by atoms with E-state index in [9.17, 15) is 4.79 Å². The molecular weight excluding hydrogens is 419 g/mol. The van der Waals surface area contributed by atoms with Gasteiger partial charge in [0.1, 0.15) is 5.60 Å². The molecule has 0 spiro atoms. The molecule has 1 aliphatic heterocycles. The molecule has 6 nitrogen and oxygen atoms in total. The van der Waals surface area contributed by atoms with Crippen molar-refractivity contribution >= 4 is 36.0 Å². The molecule has 0 aromatic rings. The van der Waals surface area contributed by atoms with E-state index in [1.54, 1.807) is 7.05 Å². The van der Waals surface area contributed by atoms with Gasteiger partial charge in [-0.05, 0) is 52.9 Å². The smallest absolute Gasteiger partial charge is 0.410 e. The maximum absolute atomic E-state index is 12.0. The zero-order chi connectivity index (χ0) is 17.5. The van der Waals surface area contributed by atoms with E-state index in [1.807, 2.05) is 25.7 Å². The van der Waals surface area contributed by atoms with Gasteiger partial charge in [-0.3, -0.25) is 4.99 Å². The van der Waals surface area contributed by atoms with Crippen molar-refractivity contribution in [3.8, 4) is 0 Å². The third kappa shape index (κ3) is 8.94. The fraction of sp³-hybridized carbons (Fsp3) is 0.882. The number of carbonyl (C=O) groups excluding carboxylic acids is 1. The molecule has 1 saturated heterocycles. The van der Waals surface area contributed by atoms with Crippen molar-refractivity contribution in [1.29, 1.82) is 0 Å². The minimum Gasteiger partial charge on any atom is -0.444 e. The predicted octanol–water partition coefficient (Wildman–Crippen LogP) is 3.22. The van der Waals surface area contributed by atoms with Gasteiger partial charge in [-0.15, -0.1) is 24.0 Å². The van der Waals surface area contributed by atoms with Gasteiger partial charge in [-0.25, -0.2) is 4.79 Å². The second kappa shape index (κ2) is 11.0. The molecule has 1 unspecified atom stereocenters. The molecule has 0 aliphatic carbocycles. The molecule has 24 heavy (non-hydrogen) atoms. The molecule has 0 aromatic carbocycles. The third-order valence-electron chi connectivity index (χ3n) is 4.04. The van der Waals surface area contributed by atoms with Crippen LogP contribution in [-0.4, -0.2) is 55.3 Å². The summed E-state index contributed by atoms with van der Waals surface area (Å²) in [6, 6.07) is 0.412. The summed E-state index contributed by atoms with van der Waals surface area (Å²) in [4.78, 5) is 18.1. The summed E-state index contributed by atoms with van der Waals surface area (Å²) < 4.78 is 5.43. The maximum Gasteiger partial charge on any atom is 0.410 e. The van der Waals surface area contributed by atoms with Crippen molar-refractivity contribution in [2.75, 3.05) is 26.7 Å². The summed E-state index contributed by atoms with van der Waals surface area (Å²) in [5, 5.41) is 6.75. The third-order valence-corrected chi connectivity index (χ3v) is 4.04. The fourth-order valence-electron chi connectivity index (χ4n) is 2.42. The van der Waals surface area contributed by atoms with Gasteiger partial charge < -0.3 is 20.3 Å². The van der Waals surface area contributed by atoms with Crippen molar-refractivity contribution in [1.82, 2.24) is 15.5 Å². The Morgan fingerprint density at radius 3 is 2.38 bits per heavy atom. The van der Waals surface area contributed by atoms with Crippen molar-refractivity contribution in [3.63, 3.8) is 0 Å². The number of amides is 1. The Labute approximate surface area is 164 Å². The summed E-state index contributed by atoms with van der Waals surface area (Å²) in [7, 11) is 1.79. The first kappa shape index (κ1) is 23.3. The number of guanidine groups is 1. The molecule has 1 fully saturated rings. The van der Waals surface area contributed by atoms with Crippen molar-refractivity contribution in [3.05, 3.63) is 0 Å². The lowest BCUT2D eigenvalue weighted by Crippen LogP contribution is -2.46. The Hall–Kier alpha value is -0.730. The number of nitrogens with one attached hydrogen (secondary N) is 2. The van der Waals surface area contributed by atoms with Gasteiger partial charge >= 0.3 is 6.09 Å². The van der Waals surface area contributed by atoms with E-state index in [0.29, 0.717) is 12.0 Å². The lowest BCUT2D eigenvalue weighted by Gasteiger charge is -2.33. The van der Waals surface area contributed by atoms with Gasteiger partial charge in [0.25, 0.3) is 0 Å². The number of hydrogen-bond acceptors (Lipinski definition) is 3. The zero-order valence-electron chi connectivity index (χ0n) is 16.0. The van der Waals surface area contributed by atoms with E-state index >= 15 is 0 Å². The molecule has 7 heteroatoms.